The zero-order valence-electron chi connectivity index (χ0n) is 35.4. The summed E-state index contributed by atoms with van der Waals surface area (Å²) in [6.07, 6.45) is 3.80. The predicted octanol–water partition coefficient (Wildman–Crippen LogP) is 13.1. The number of nitrogens with zero attached hydrogens (tertiary/aromatic N) is 2. The van der Waals surface area contributed by atoms with Gasteiger partial charge in [-0.1, -0.05) is 212 Å². The highest BCUT2D eigenvalue weighted by Crippen LogP contribution is 2.42. The van der Waals surface area contributed by atoms with E-state index in [1.807, 2.05) is 18.5 Å². The molecule has 3 nitrogen and oxygen atoms in total. The van der Waals surface area contributed by atoms with E-state index >= 15 is 0 Å². The van der Waals surface area contributed by atoms with Gasteiger partial charge >= 0.3 is 0 Å². The molecule has 2 heterocycles. The molecule has 0 aliphatic carbocycles. The number of rotatable bonds is 11. The van der Waals surface area contributed by atoms with Crippen LogP contribution in [0.3, 0.4) is 0 Å². The molecule has 9 aromatic carbocycles. The number of para-hydroxylation sites is 2. The Hall–Kier alpha value is -7.54. The number of pyridine rings is 2. The second-order valence-corrected chi connectivity index (χ2v) is 20.2. The minimum atomic E-state index is -0.984. The molecule has 5 heteroatoms. The first-order valence-electron chi connectivity index (χ1n) is 21.8. The Bertz CT molecular complexity index is 3360. The second-order valence-electron chi connectivity index (χ2n) is 15.8. The number of benzene rings is 9. The summed E-state index contributed by atoms with van der Waals surface area (Å²) in [7, 11) is -1.85. The Morgan fingerprint density at radius 2 is 0.692 bits per heavy atom. The van der Waals surface area contributed by atoms with Gasteiger partial charge in [-0.2, -0.15) is 0 Å². The molecule has 0 bridgehead atoms. The molecule has 1 atom stereocenters. The summed E-state index contributed by atoms with van der Waals surface area (Å²) in [6.45, 7) is 0. The van der Waals surface area contributed by atoms with E-state index in [1.165, 1.54) is 37.4 Å². The largest absolute Gasteiger partial charge is 0.456 e. The third-order valence-corrected chi connectivity index (χ3v) is 16.8. The molecular formula is C60H42N2OP2. The molecule has 0 saturated heterocycles. The molecule has 0 fully saturated rings. The first-order valence-corrected chi connectivity index (χ1v) is 24.5. The summed E-state index contributed by atoms with van der Waals surface area (Å²) < 4.78 is 7.14. The van der Waals surface area contributed by atoms with Crippen molar-refractivity contribution in [3.8, 4) is 44.9 Å². The molecule has 0 spiro atoms. The molecule has 65 heavy (non-hydrogen) atoms. The Labute approximate surface area is 382 Å². The van der Waals surface area contributed by atoms with Crippen LogP contribution in [0, 0.1) is 0 Å². The van der Waals surface area contributed by atoms with E-state index in [-0.39, 0.29) is 0 Å². The summed E-state index contributed by atoms with van der Waals surface area (Å²) in [4.78, 5) is 9.74. The fraction of sp³-hybridized carbons (Fsp3) is 0. The van der Waals surface area contributed by atoms with Crippen LogP contribution in [-0.2, 0) is 0 Å². The van der Waals surface area contributed by atoms with Crippen LogP contribution in [0.2, 0.25) is 0 Å². The summed E-state index contributed by atoms with van der Waals surface area (Å²) in [5.74, 6) is 1.74. The van der Waals surface area contributed by atoms with Gasteiger partial charge in [0.15, 0.2) is 0 Å². The summed E-state index contributed by atoms with van der Waals surface area (Å²) in [6, 6.07) is 86.7. The average Bonchev–Trinajstić information content (AvgIpc) is 3.38. The first kappa shape index (κ1) is 40.2. The molecule has 2 aromatic heterocycles. The van der Waals surface area contributed by atoms with Crippen molar-refractivity contribution in [2.45, 2.75) is 0 Å². The van der Waals surface area contributed by atoms with Crippen molar-refractivity contribution < 1.29 is 4.74 Å². The van der Waals surface area contributed by atoms with E-state index in [1.54, 1.807) is 0 Å². The van der Waals surface area contributed by atoms with Crippen LogP contribution in [0.15, 0.2) is 255 Å². The van der Waals surface area contributed by atoms with Crippen molar-refractivity contribution in [2.24, 2.45) is 0 Å². The van der Waals surface area contributed by atoms with Crippen molar-refractivity contribution in [2.75, 3.05) is 0 Å². The molecule has 0 amide bonds. The second kappa shape index (κ2) is 18.3. The molecule has 11 rings (SSSR count). The molecule has 0 radical (unpaired) electrons. The predicted molar refractivity (Wildman–Crippen MR) is 277 cm³/mol. The normalized spacial score (nSPS) is 11.8. The van der Waals surface area contributed by atoms with E-state index in [9.17, 15) is 0 Å². The van der Waals surface area contributed by atoms with E-state index in [4.69, 9.17) is 14.7 Å². The van der Waals surface area contributed by atoms with Crippen molar-refractivity contribution in [1.82, 2.24) is 9.97 Å². The SMILES string of the molecule is c1ccc(-c2ccnc3c2ccc2c(-c4cccc(-c5ccc(P(c6ccccc6)c6ccccc6Oc6ccccc6P(c6ccccc6)c6ccccc6)cc5)c4)ccnc23)cc1. The number of fused-ring (bicyclic) bond motifs is 3. The van der Waals surface area contributed by atoms with Crippen LogP contribution >= 0.6 is 15.8 Å². The van der Waals surface area contributed by atoms with E-state index in [0.29, 0.717) is 0 Å². The van der Waals surface area contributed by atoms with Crippen LogP contribution in [0.4, 0.5) is 0 Å². The molecule has 0 aliphatic heterocycles. The van der Waals surface area contributed by atoms with Crippen molar-refractivity contribution in [3.63, 3.8) is 0 Å². The maximum atomic E-state index is 7.14. The molecular weight excluding hydrogens is 827 g/mol. The van der Waals surface area contributed by atoms with Gasteiger partial charge in [0.2, 0.25) is 0 Å². The van der Waals surface area contributed by atoms with E-state index in [0.717, 1.165) is 61.1 Å². The summed E-state index contributed by atoms with van der Waals surface area (Å²) in [5, 5.41) is 9.62. The molecule has 1 unspecified atom stereocenters. The van der Waals surface area contributed by atoms with Gasteiger partial charge in [-0.3, -0.25) is 9.97 Å². The highest BCUT2D eigenvalue weighted by molar-refractivity contribution is 7.80. The molecule has 0 aliphatic rings. The third kappa shape index (κ3) is 8.14. The molecule has 0 saturated carbocycles. The highest BCUT2D eigenvalue weighted by atomic mass is 31.1. The lowest BCUT2D eigenvalue weighted by molar-refractivity contribution is 0.491. The number of hydrogen-bond donors (Lipinski definition) is 0. The van der Waals surface area contributed by atoms with E-state index < -0.39 is 15.8 Å². The van der Waals surface area contributed by atoms with Gasteiger partial charge in [0.25, 0.3) is 0 Å². The van der Waals surface area contributed by atoms with Gasteiger partial charge in [0, 0.05) is 33.8 Å². The Morgan fingerprint density at radius 3 is 1.20 bits per heavy atom. The lowest BCUT2D eigenvalue weighted by Gasteiger charge is -2.25. The lowest BCUT2D eigenvalue weighted by Crippen LogP contribution is -2.24. The Balaban J connectivity index is 0.940. The van der Waals surface area contributed by atoms with Gasteiger partial charge in [0.05, 0.1) is 11.0 Å². The topological polar surface area (TPSA) is 35.0 Å². The standard InChI is InChI=1S/C60H42N2OP2/c1-5-18-44(19-6-1)51-38-40-61-59-53(51)36-37-54-52(39-41-62-60(54)59)46-21-17-20-45(42-46)43-32-34-50(35-33-43)65(49-26-11-4-12-27-49)58-31-16-14-29-56(58)63-55-28-13-15-30-57(55)64(47-22-7-2-8-23-47)48-24-9-3-10-25-48/h1-42H. The smallest absolute Gasteiger partial charge is 0.135 e. The molecule has 308 valence electrons. The minimum absolute atomic E-state index is 0.867. The van der Waals surface area contributed by atoms with Crippen molar-refractivity contribution in [1.29, 1.82) is 0 Å². The van der Waals surface area contributed by atoms with Crippen molar-refractivity contribution in [3.05, 3.63) is 255 Å². The zero-order chi connectivity index (χ0) is 43.4. The van der Waals surface area contributed by atoms with Crippen LogP contribution in [0.1, 0.15) is 0 Å². The highest BCUT2D eigenvalue weighted by Gasteiger charge is 2.24. The maximum absolute atomic E-state index is 7.14. The fourth-order valence-corrected chi connectivity index (χ4v) is 13.5. The third-order valence-electron chi connectivity index (χ3n) is 11.8. The van der Waals surface area contributed by atoms with E-state index in [2.05, 4.69) is 237 Å². The van der Waals surface area contributed by atoms with Gasteiger partial charge in [-0.05, 0) is 101 Å². The summed E-state index contributed by atoms with van der Waals surface area (Å²) in [5.41, 5.74) is 8.72. The monoisotopic (exact) mass is 868 g/mol. The lowest BCUT2D eigenvalue weighted by atomic mass is 9.95. The number of hydrogen-bond acceptors (Lipinski definition) is 3. The quantitative estimate of drug-likeness (QED) is 0.0959. The summed E-state index contributed by atoms with van der Waals surface area (Å²) >= 11 is 0. The molecule has 0 N–H and O–H groups in total. The Morgan fingerprint density at radius 1 is 0.292 bits per heavy atom. The van der Waals surface area contributed by atoms with Crippen LogP contribution in [0.25, 0.3) is 55.2 Å². The van der Waals surface area contributed by atoms with Gasteiger partial charge in [-0.15, -0.1) is 0 Å². The van der Waals surface area contributed by atoms with Crippen molar-refractivity contribution >= 4 is 69.5 Å². The van der Waals surface area contributed by atoms with Gasteiger partial charge < -0.3 is 4.74 Å². The average molecular weight is 869 g/mol. The first-order chi connectivity index (χ1) is 32.3. The minimum Gasteiger partial charge on any atom is -0.456 e. The van der Waals surface area contributed by atoms with Gasteiger partial charge in [0.1, 0.15) is 11.5 Å². The molecule has 11 aromatic rings. The Kier molecular flexibility index (Phi) is 11.3. The van der Waals surface area contributed by atoms with Crippen LogP contribution in [0.5, 0.6) is 11.5 Å². The number of aromatic nitrogens is 2. The zero-order valence-corrected chi connectivity index (χ0v) is 37.2. The van der Waals surface area contributed by atoms with Crippen LogP contribution < -0.4 is 36.6 Å². The maximum Gasteiger partial charge on any atom is 0.135 e. The fourth-order valence-electron chi connectivity index (χ4n) is 8.78. The van der Waals surface area contributed by atoms with Gasteiger partial charge in [-0.25, -0.2) is 0 Å². The number of ether oxygens (including phenoxy) is 1. The van der Waals surface area contributed by atoms with Crippen LogP contribution in [-0.4, -0.2) is 9.97 Å².